The summed E-state index contributed by atoms with van der Waals surface area (Å²) in [6.07, 6.45) is 0.551. The van der Waals surface area contributed by atoms with Gasteiger partial charge in [-0.05, 0) is 31.5 Å². The number of methoxy groups -OCH3 is 1. The predicted octanol–water partition coefficient (Wildman–Crippen LogP) is 2.62. The highest BCUT2D eigenvalue weighted by Gasteiger charge is 2.24. The molecule has 6 nitrogen and oxygen atoms in total. The Morgan fingerprint density at radius 3 is 2.43 bits per heavy atom. The van der Waals surface area contributed by atoms with Crippen molar-refractivity contribution in [2.24, 2.45) is 0 Å². The molecule has 1 unspecified atom stereocenters. The van der Waals surface area contributed by atoms with Gasteiger partial charge in [-0.1, -0.05) is 6.92 Å². The summed E-state index contributed by atoms with van der Waals surface area (Å²) in [5.41, 5.74) is 0.0444. The molecule has 0 aliphatic rings. The number of ether oxygens (including phenoxy) is 2. The number of amides is 1. The monoisotopic (exact) mass is 331 g/mol. The Balaban J connectivity index is 3.15. The van der Waals surface area contributed by atoms with Crippen molar-refractivity contribution in [1.29, 1.82) is 0 Å². The van der Waals surface area contributed by atoms with E-state index in [9.17, 15) is 18.4 Å². The van der Waals surface area contributed by atoms with Gasteiger partial charge in [-0.3, -0.25) is 9.59 Å². The van der Waals surface area contributed by atoms with Gasteiger partial charge in [0.05, 0.1) is 7.11 Å². The van der Waals surface area contributed by atoms with Crippen molar-refractivity contribution in [3.63, 3.8) is 0 Å². The second-order valence-electron chi connectivity index (χ2n) is 4.83. The van der Waals surface area contributed by atoms with Crippen molar-refractivity contribution in [1.82, 2.24) is 4.90 Å². The highest BCUT2D eigenvalue weighted by atomic mass is 19.3. The first-order chi connectivity index (χ1) is 10.8. The van der Waals surface area contributed by atoms with E-state index in [2.05, 4.69) is 4.74 Å². The first-order valence-corrected chi connectivity index (χ1v) is 6.95. The molecule has 0 aromatic heterocycles. The van der Waals surface area contributed by atoms with Gasteiger partial charge in [0.25, 0.3) is 5.91 Å². The molecule has 23 heavy (non-hydrogen) atoms. The molecule has 1 atom stereocenters. The Bertz CT molecular complexity index is 565. The maximum Gasteiger partial charge on any atom is 0.387 e. The number of nitrogens with zero attached hydrogens (tertiary/aromatic N) is 1. The molecular weight excluding hydrogens is 312 g/mol. The molecule has 1 N–H and O–H groups in total. The number of hydrogen-bond acceptors (Lipinski definition) is 4. The fourth-order valence-electron chi connectivity index (χ4n) is 1.96. The number of benzene rings is 1. The zero-order valence-corrected chi connectivity index (χ0v) is 13.1. The number of rotatable bonds is 8. The minimum absolute atomic E-state index is 0.0444. The van der Waals surface area contributed by atoms with Crippen LogP contribution in [0.15, 0.2) is 18.2 Å². The van der Waals surface area contributed by atoms with Crippen LogP contribution in [0.2, 0.25) is 0 Å². The lowest BCUT2D eigenvalue weighted by Crippen LogP contribution is -2.41. The van der Waals surface area contributed by atoms with E-state index < -0.39 is 25.0 Å². The number of halogens is 2. The zero-order valence-electron chi connectivity index (χ0n) is 13.1. The molecule has 0 spiro atoms. The van der Waals surface area contributed by atoms with Gasteiger partial charge in [-0.15, -0.1) is 0 Å². The van der Waals surface area contributed by atoms with Gasteiger partial charge in [0.15, 0.2) is 11.5 Å². The average molecular weight is 331 g/mol. The number of carbonyl (C=O) groups excluding carboxylic acids is 1. The molecule has 0 bridgehead atoms. The highest BCUT2D eigenvalue weighted by Crippen LogP contribution is 2.30. The molecule has 128 valence electrons. The summed E-state index contributed by atoms with van der Waals surface area (Å²) < 4.78 is 34.1. The molecule has 0 saturated heterocycles. The second-order valence-corrected chi connectivity index (χ2v) is 4.83. The van der Waals surface area contributed by atoms with E-state index in [1.807, 2.05) is 6.92 Å². The number of aliphatic carboxylic acids is 1. The first kappa shape index (κ1) is 18.7. The Labute approximate surface area is 132 Å². The molecule has 0 saturated carbocycles. The minimum Gasteiger partial charge on any atom is -0.493 e. The summed E-state index contributed by atoms with van der Waals surface area (Å²) in [5.74, 6) is -1.97. The third-order valence-corrected chi connectivity index (χ3v) is 3.32. The fourth-order valence-corrected chi connectivity index (χ4v) is 1.96. The Morgan fingerprint density at radius 2 is 1.96 bits per heavy atom. The molecule has 1 amide bonds. The second kappa shape index (κ2) is 8.30. The summed E-state index contributed by atoms with van der Waals surface area (Å²) in [6.45, 7) is -0.0307. The molecule has 0 fully saturated rings. The third-order valence-electron chi connectivity index (χ3n) is 3.32. The number of hydrogen-bond donors (Lipinski definition) is 1. The van der Waals surface area contributed by atoms with Crippen molar-refractivity contribution < 1.29 is 33.0 Å². The molecule has 8 heteroatoms. The van der Waals surface area contributed by atoms with E-state index >= 15 is 0 Å². The van der Waals surface area contributed by atoms with Gasteiger partial charge >= 0.3 is 12.6 Å². The lowest BCUT2D eigenvalue weighted by atomic mass is 10.1. The van der Waals surface area contributed by atoms with Crippen LogP contribution in [0.25, 0.3) is 0 Å². The Morgan fingerprint density at radius 1 is 1.30 bits per heavy atom. The maximum atomic E-state index is 12.5. The van der Waals surface area contributed by atoms with E-state index in [0.29, 0.717) is 6.42 Å². The largest absolute Gasteiger partial charge is 0.493 e. The smallest absolute Gasteiger partial charge is 0.387 e. The van der Waals surface area contributed by atoms with E-state index in [4.69, 9.17) is 9.84 Å². The van der Waals surface area contributed by atoms with Crippen molar-refractivity contribution in [3.8, 4) is 11.5 Å². The van der Waals surface area contributed by atoms with Crippen LogP contribution in [0.1, 0.15) is 30.6 Å². The summed E-state index contributed by atoms with van der Waals surface area (Å²) in [4.78, 5) is 24.6. The van der Waals surface area contributed by atoms with Gasteiger partial charge in [0.2, 0.25) is 0 Å². The molecule has 0 aliphatic heterocycles. The van der Waals surface area contributed by atoms with Gasteiger partial charge in [0, 0.05) is 11.6 Å². The standard InChI is InChI=1S/C15H19F2NO5/c1-4-9(2)18(8-13(19)20)14(21)10-5-6-11(22-3)12(7-10)23-15(16)17/h5-7,9,15H,4,8H2,1-3H3,(H,19,20). The van der Waals surface area contributed by atoms with Gasteiger partial charge in [-0.25, -0.2) is 0 Å². The summed E-state index contributed by atoms with van der Waals surface area (Å²) >= 11 is 0. The van der Waals surface area contributed by atoms with Crippen LogP contribution in [-0.4, -0.2) is 48.2 Å². The number of alkyl halides is 2. The molecule has 0 radical (unpaired) electrons. The van der Waals surface area contributed by atoms with Crippen LogP contribution >= 0.6 is 0 Å². The SMILES string of the molecule is CCC(C)N(CC(=O)O)C(=O)c1ccc(OC)c(OC(F)F)c1. The number of carboxylic acids is 1. The number of carboxylic acid groups (broad SMARTS) is 1. The quantitative estimate of drug-likeness (QED) is 0.792. The summed E-state index contributed by atoms with van der Waals surface area (Å²) in [5, 5.41) is 8.94. The molecular formula is C15H19F2NO5. The van der Waals surface area contributed by atoms with Crippen molar-refractivity contribution in [3.05, 3.63) is 23.8 Å². The molecule has 1 aromatic carbocycles. The topological polar surface area (TPSA) is 76.1 Å². The lowest BCUT2D eigenvalue weighted by Gasteiger charge is -2.27. The molecule has 0 aliphatic carbocycles. The number of carbonyl (C=O) groups is 2. The van der Waals surface area contributed by atoms with Gasteiger partial charge in [0.1, 0.15) is 6.54 Å². The van der Waals surface area contributed by atoms with Crippen molar-refractivity contribution in [2.45, 2.75) is 32.9 Å². The molecule has 0 heterocycles. The third kappa shape index (κ3) is 5.08. The molecule has 1 rings (SSSR count). The van der Waals surface area contributed by atoms with Crippen LogP contribution in [0.3, 0.4) is 0 Å². The van der Waals surface area contributed by atoms with Crippen LogP contribution < -0.4 is 9.47 Å². The van der Waals surface area contributed by atoms with E-state index in [1.54, 1.807) is 6.92 Å². The van der Waals surface area contributed by atoms with E-state index in [1.165, 1.54) is 19.2 Å². The maximum absolute atomic E-state index is 12.5. The zero-order chi connectivity index (χ0) is 17.6. The van der Waals surface area contributed by atoms with E-state index in [0.717, 1.165) is 11.0 Å². The summed E-state index contributed by atoms with van der Waals surface area (Å²) in [6, 6.07) is 3.49. The van der Waals surface area contributed by atoms with Gasteiger partial charge < -0.3 is 19.5 Å². The first-order valence-electron chi connectivity index (χ1n) is 6.95. The Kier molecular flexibility index (Phi) is 6.74. The Hall–Kier alpha value is -2.38. The highest BCUT2D eigenvalue weighted by molar-refractivity contribution is 5.96. The lowest BCUT2D eigenvalue weighted by molar-refractivity contribution is -0.138. The normalized spacial score (nSPS) is 11.9. The summed E-state index contributed by atoms with van der Waals surface area (Å²) in [7, 11) is 1.28. The minimum atomic E-state index is -3.07. The van der Waals surface area contributed by atoms with Crippen molar-refractivity contribution >= 4 is 11.9 Å². The van der Waals surface area contributed by atoms with Crippen molar-refractivity contribution in [2.75, 3.05) is 13.7 Å². The van der Waals surface area contributed by atoms with Crippen LogP contribution in [-0.2, 0) is 4.79 Å². The fraction of sp³-hybridized carbons (Fsp3) is 0.467. The van der Waals surface area contributed by atoms with Crippen LogP contribution in [0.5, 0.6) is 11.5 Å². The molecule has 1 aromatic rings. The van der Waals surface area contributed by atoms with Crippen LogP contribution in [0, 0.1) is 0 Å². The van der Waals surface area contributed by atoms with E-state index in [-0.39, 0.29) is 23.1 Å². The van der Waals surface area contributed by atoms with Crippen LogP contribution in [0.4, 0.5) is 8.78 Å². The average Bonchev–Trinajstić information content (AvgIpc) is 2.50. The van der Waals surface area contributed by atoms with Gasteiger partial charge in [-0.2, -0.15) is 8.78 Å². The predicted molar refractivity (Wildman–Crippen MR) is 78.1 cm³/mol.